The zero-order valence-corrected chi connectivity index (χ0v) is 9.32. The Morgan fingerprint density at radius 3 is 2.47 bits per heavy atom. The number of nitrogens with one attached hydrogen (secondary N) is 1. The molecule has 0 rings (SSSR count). The molecule has 0 aliphatic heterocycles. The highest BCUT2D eigenvalue weighted by molar-refractivity contribution is 5.87. The van der Waals surface area contributed by atoms with Crippen LogP contribution in [0, 0.1) is 0 Å². The molecule has 2 amide bonds. The van der Waals surface area contributed by atoms with Crippen molar-refractivity contribution < 1.29 is 9.59 Å². The van der Waals surface area contributed by atoms with Crippen molar-refractivity contribution in [3.05, 3.63) is 0 Å². The van der Waals surface area contributed by atoms with Crippen LogP contribution < -0.4 is 16.8 Å². The zero-order valence-electron chi connectivity index (χ0n) is 9.32. The highest BCUT2D eigenvalue weighted by Crippen LogP contribution is 1.92. The molecule has 6 heteroatoms. The van der Waals surface area contributed by atoms with Crippen molar-refractivity contribution in [1.82, 2.24) is 10.2 Å². The summed E-state index contributed by atoms with van der Waals surface area (Å²) in [5.41, 5.74) is 10.9. The fourth-order valence-corrected chi connectivity index (χ4v) is 0.921. The van der Waals surface area contributed by atoms with Crippen molar-refractivity contribution in [1.29, 1.82) is 0 Å². The number of hydrogen-bond acceptors (Lipinski definition) is 4. The molecule has 0 aliphatic rings. The lowest BCUT2D eigenvalue weighted by molar-refractivity contribution is -0.131. The van der Waals surface area contributed by atoms with Gasteiger partial charge in [-0.25, -0.2) is 0 Å². The lowest BCUT2D eigenvalue weighted by Crippen LogP contribution is -2.44. The first-order chi connectivity index (χ1) is 6.99. The average Bonchev–Trinajstić information content (AvgIpc) is 2.21. The minimum atomic E-state index is -0.580. The molecule has 0 heterocycles. The third kappa shape index (κ3) is 6.03. The summed E-state index contributed by atoms with van der Waals surface area (Å²) in [4.78, 5) is 23.9. The summed E-state index contributed by atoms with van der Waals surface area (Å²) in [6.45, 7) is 0.500. The Labute approximate surface area is 90.0 Å². The van der Waals surface area contributed by atoms with Crippen LogP contribution >= 0.6 is 0 Å². The average molecular weight is 216 g/mol. The highest BCUT2D eigenvalue weighted by Gasteiger charge is 2.13. The van der Waals surface area contributed by atoms with E-state index < -0.39 is 6.04 Å². The minimum absolute atomic E-state index is 0.0117. The van der Waals surface area contributed by atoms with Crippen LogP contribution in [0.2, 0.25) is 0 Å². The summed E-state index contributed by atoms with van der Waals surface area (Å²) in [6.07, 6.45) is 1.24. The van der Waals surface area contributed by atoms with E-state index in [4.69, 9.17) is 11.5 Å². The van der Waals surface area contributed by atoms with Crippen LogP contribution in [0.25, 0.3) is 0 Å². The number of amides is 2. The van der Waals surface area contributed by atoms with Crippen LogP contribution in [0.15, 0.2) is 0 Å². The van der Waals surface area contributed by atoms with Crippen molar-refractivity contribution in [3.63, 3.8) is 0 Å². The van der Waals surface area contributed by atoms with Gasteiger partial charge < -0.3 is 21.7 Å². The number of nitrogens with zero attached hydrogens (tertiary/aromatic N) is 1. The summed E-state index contributed by atoms with van der Waals surface area (Å²) < 4.78 is 0. The molecule has 0 aromatic heterocycles. The standard InChI is InChI=1S/C9H20N4O2/c1-13(2)8(14)6-12-9(15)7(11)4-3-5-10/h7H,3-6,10-11H2,1-2H3,(H,12,15)/t7-/m0/s1. The highest BCUT2D eigenvalue weighted by atomic mass is 16.2. The molecule has 0 fully saturated rings. The molecule has 0 aliphatic carbocycles. The Balaban J connectivity index is 3.78. The van der Waals surface area contributed by atoms with Gasteiger partial charge in [-0.3, -0.25) is 9.59 Å². The molecule has 5 N–H and O–H groups in total. The van der Waals surface area contributed by atoms with Gasteiger partial charge in [0.05, 0.1) is 12.6 Å². The lowest BCUT2D eigenvalue weighted by atomic mass is 10.1. The predicted molar refractivity (Wildman–Crippen MR) is 58.0 cm³/mol. The fourth-order valence-electron chi connectivity index (χ4n) is 0.921. The summed E-state index contributed by atoms with van der Waals surface area (Å²) in [5, 5.41) is 2.48. The maximum Gasteiger partial charge on any atom is 0.241 e. The second kappa shape index (κ2) is 7.19. The summed E-state index contributed by atoms with van der Waals surface area (Å²) >= 11 is 0. The van der Waals surface area contributed by atoms with E-state index in [1.807, 2.05) is 0 Å². The Morgan fingerprint density at radius 2 is 2.00 bits per heavy atom. The predicted octanol–water partition coefficient (Wildman–Crippen LogP) is -1.74. The SMILES string of the molecule is CN(C)C(=O)CNC(=O)[C@@H](N)CCCN. The molecule has 1 atom stereocenters. The third-order valence-electron chi connectivity index (χ3n) is 1.97. The second-order valence-electron chi connectivity index (χ2n) is 3.54. The number of carbonyl (C=O) groups excluding carboxylic acids is 2. The molecular weight excluding hydrogens is 196 g/mol. The quantitative estimate of drug-likeness (QED) is 0.490. The van der Waals surface area contributed by atoms with Gasteiger partial charge in [0.25, 0.3) is 0 Å². The Morgan fingerprint density at radius 1 is 1.40 bits per heavy atom. The topological polar surface area (TPSA) is 101 Å². The first-order valence-electron chi connectivity index (χ1n) is 4.92. The van der Waals surface area contributed by atoms with Gasteiger partial charge in [0, 0.05) is 14.1 Å². The Kier molecular flexibility index (Phi) is 6.64. The van der Waals surface area contributed by atoms with Gasteiger partial charge in [0.1, 0.15) is 0 Å². The van der Waals surface area contributed by atoms with E-state index in [-0.39, 0.29) is 18.4 Å². The van der Waals surface area contributed by atoms with E-state index in [9.17, 15) is 9.59 Å². The molecule has 0 saturated carbocycles. The molecule has 0 aromatic rings. The van der Waals surface area contributed by atoms with Crippen molar-refractivity contribution in [2.45, 2.75) is 18.9 Å². The van der Waals surface area contributed by atoms with Gasteiger partial charge >= 0.3 is 0 Å². The molecule has 0 radical (unpaired) electrons. The van der Waals surface area contributed by atoms with Crippen LogP contribution in [0.4, 0.5) is 0 Å². The smallest absolute Gasteiger partial charge is 0.241 e. The lowest BCUT2D eigenvalue weighted by Gasteiger charge is -2.13. The molecule has 0 bridgehead atoms. The van der Waals surface area contributed by atoms with Crippen LogP contribution in [-0.2, 0) is 9.59 Å². The van der Waals surface area contributed by atoms with Gasteiger partial charge in [0.15, 0.2) is 0 Å². The third-order valence-corrected chi connectivity index (χ3v) is 1.97. The molecule has 0 aromatic carbocycles. The van der Waals surface area contributed by atoms with Crippen molar-refractivity contribution in [2.75, 3.05) is 27.2 Å². The summed E-state index contributed by atoms with van der Waals surface area (Å²) in [6, 6.07) is -0.580. The van der Waals surface area contributed by atoms with Crippen molar-refractivity contribution in [2.24, 2.45) is 11.5 Å². The maximum atomic E-state index is 11.3. The van der Waals surface area contributed by atoms with Gasteiger partial charge in [0.2, 0.25) is 11.8 Å². The largest absolute Gasteiger partial charge is 0.347 e. The molecule has 0 spiro atoms. The number of likely N-dealkylation sites (N-methyl/N-ethyl adjacent to an activating group) is 1. The molecule has 0 saturated heterocycles. The van der Waals surface area contributed by atoms with E-state index in [1.165, 1.54) is 4.90 Å². The van der Waals surface area contributed by atoms with E-state index >= 15 is 0 Å². The van der Waals surface area contributed by atoms with E-state index in [0.717, 1.165) is 0 Å². The number of carbonyl (C=O) groups is 2. The summed E-state index contributed by atoms with van der Waals surface area (Å²) in [5.74, 6) is -0.465. The minimum Gasteiger partial charge on any atom is -0.347 e. The maximum absolute atomic E-state index is 11.3. The number of nitrogens with two attached hydrogens (primary N) is 2. The first-order valence-corrected chi connectivity index (χ1v) is 4.92. The van der Waals surface area contributed by atoms with E-state index in [0.29, 0.717) is 19.4 Å². The Hall–Kier alpha value is -1.14. The van der Waals surface area contributed by atoms with Crippen LogP contribution in [-0.4, -0.2) is 49.9 Å². The molecule has 88 valence electrons. The number of rotatable bonds is 6. The van der Waals surface area contributed by atoms with E-state index in [2.05, 4.69) is 5.32 Å². The van der Waals surface area contributed by atoms with Crippen molar-refractivity contribution >= 4 is 11.8 Å². The van der Waals surface area contributed by atoms with Gasteiger partial charge in [-0.05, 0) is 19.4 Å². The molecule has 6 nitrogen and oxygen atoms in total. The monoisotopic (exact) mass is 216 g/mol. The molecular formula is C9H20N4O2. The molecule has 15 heavy (non-hydrogen) atoms. The van der Waals surface area contributed by atoms with Crippen LogP contribution in [0.3, 0.4) is 0 Å². The van der Waals surface area contributed by atoms with Crippen LogP contribution in [0.1, 0.15) is 12.8 Å². The number of hydrogen-bond donors (Lipinski definition) is 3. The van der Waals surface area contributed by atoms with E-state index in [1.54, 1.807) is 14.1 Å². The van der Waals surface area contributed by atoms with Gasteiger partial charge in [-0.15, -0.1) is 0 Å². The normalized spacial score (nSPS) is 12.0. The second-order valence-corrected chi connectivity index (χ2v) is 3.54. The molecule has 0 unspecified atom stereocenters. The van der Waals surface area contributed by atoms with Crippen LogP contribution in [0.5, 0.6) is 0 Å². The first kappa shape index (κ1) is 13.9. The van der Waals surface area contributed by atoms with Gasteiger partial charge in [-0.1, -0.05) is 0 Å². The summed E-state index contributed by atoms with van der Waals surface area (Å²) in [7, 11) is 3.26. The Bertz CT molecular complexity index is 218. The fraction of sp³-hybridized carbons (Fsp3) is 0.778. The van der Waals surface area contributed by atoms with Crippen molar-refractivity contribution in [3.8, 4) is 0 Å². The van der Waals surface area contributed by atoms with Gasteiger partial charge in [-0.2, -0.15) is 0 Å². The zero-order chi connectivity index (χ0) is 11.8.